The quantitative estimate of drug-likeness (QED) is 0.212. The van der Waals surface area contributed by atoms with Gasteiger partial charge in [-0.05, 0) is 74.2 Å². The molecule has 1 aliphatic rings. The lowest BCUT2D eigenvalue weighted by Crippen LogP contribution is -2.38. The van der Waals surface area contributed by atoms with E-state index in [1.807, 2.05) is 54.2 Å². The molecule has 7 rings (SSSR count). The maximum atomic E-state index is 13.9. The van der Waals surface area contributed by atoms with Crippen LogP contribution >= 0.6 is 11.6 Å². The molecule has 1 fully saturated rings. The number of hydrogen-bond donors (Lipinski definition) is 1. The number of rotatable bonds is 6. The maximum Gasteiger partial charge on any atom is 0.259 e. The third-order valence-electron chi connectivity index (χ3n) is 9.02. The highest BCUT2D eigenvalue weighted by Gasteiger charge is 2.29. The Balaban J connectivity index is 1.32. The summed E-state index contributed by atoms with van der Waals surface area (Å²) < 4.78 is 29.3. The number of piperidine rings is 1. The molecule has 0 radical (unpaired) electrons. The molecule has 2 aromatic carbocycles. The van der Waals surface area contributed by atoms with Gasteiger partial charge in [-0.15, -0.1) is 0 Å². The third kappa shape index (κ3) is 5.32. The topological polar surface area (TPSA) is 115 Å². The fraction of sp³-hybridized carbons (Fsp3) is 0.294. The molecule has 1 aliphatic heterocycles. The Kier molecular flexibility index (Phi) is 7.57. The number of aryl methyl sites for hydroxylation is 2. The zero-order chi connectivity index (χ0) is 32.3. The highest BCUT2D eigenvalue weighted by molar-refractivity contribution is 7.88. The Labute approximate surface area is 271 Å². The second-order valence-electron chi connectivity index (χ2n) is 12.2. The average Bonchev–Trinajstić information content (AvgIpc) is 3.49. The van der Waals surface area contributed by atoms with Crippen LogP contribution in [0.2, 0.25) is 5.15 Å². The van der Waals surface area contributed by atoms with Gasteiger partial charge in [0, 0.05) is 59.5 Å². The van der Waals surface area contributed by atoms with Crippen molar-refractivity contribution in [2.75, 3.05) is 24.7 Å². The predicted molar refractivity (Wildman–Crippen MR) is 184 cm³/mol. The lowest BCUT2D eigenvalue weighted by molar-refractivity contribution is 0.265. The third-order valence-corrected chi connectivity index (χ3v) is 10.5. The van der Waals surface area contributed by atoms with Gasteiger partial charge in [0.2, 0.25) is 10.0 Å². The highest BCUT2D eigenvalue weighted by atomic mass is 35.5. The monoisotopic (exact) mass is 655 g/mol. The Morgan fingerprint density at radius 3 is 2.59 bits per heavy atom. The van der Waals surface area contributed by atoms with Gasteiger partial charge < -0.3 is 5.32 Å². The molecule has 0 bridgehead atoms. The van der Waals surface area contributed by atoms with Crippen LogP contribution in [0, 0.1) is 6.92 Å². The Morgan fingerprint density at radius 1 is 1.04 bits per heavy atom. The van der Waals surface area contributed by atoms with Crippen molar-refractivity contribution < 1.29 is 8.42 Å². The van der Waals surface area contributed by atoms with Gasteiger partial charge in [-0.25, -0.2) is 22.4 Å². The van der Waals surface area contributed by atoms with E-state index >= 15 is 0 Å². The van der Waals surface area contributed by atoms with Gasteiger partial charge in [-0.3, -0.25) is 14.3 Å². The molecular formula is C34H34ClN7O3S. The molecule has 46 heavy (non-hydrogen) atoms. The van der Waals surface area contributed by atoms with Crippen LogP contribution in [0.4, 0.5) is 5.69 Å². The van der Waals surface area contributed by atoms with E-state index < -0.39 is 10.0 Å². The van der Waals surface area contributed by atoms with E-state index in [0.29, 0.717) is 36.5 Å². The first-order chi connectivity index (χ1) is 22.0. The van der Waals surface area contributed by atoms with E-state index in [-0.39, 0.29) is 17.6 Å². The molecular weight excluding hydrogens is 622 g/mol. The largest absolute Gasteiger partial charge is 0.377 e. The number of halogens is 1. The zero-order valence-electron chi connectivity index (χ0n) is 26.0. The van der Waals surface area contributed by atoms with Crippen molar-refractivity contribution in [2.45, 2.75) is 38.8 Å². The smallest absolute Gasteiger partial charge is 0.259 e. The normalized spacial score (nSPS) is 15.6. The van der Waals surface area contributed by atoms with Gasteiger partial charge in [-0.2, -0.15) is 5.10 Å². The summed E-state index contributed by atoms with van der Waals surface area (Å²) in [4.78, 5) is 23.1. The van der Waals surface area contributed by atoms with Crippen LogP contribution in [-0.2, 0) is 17.1 Å². The van der Waals surface area contributed by atoms with E-state index in [9.17, 15) is 13.2 Å². The molecule has 236 valence electrons. The molecule has 5 heterocycles. The Morgan fingerprint density at radius 2 is 1.83 bits per heavy atom. The van der Waals surface area contributed by atoms with Crippen LogP contribution < -0.4 is 10.9 Å². The Hall–Kier alpha value is -4.32. The SMILES string of the molecule is Cc1cc(C(C)Nc2ccc(Cl)nc2-c2ccc3ncccc3c2)c2c(c1)c(=O)n(C)c1c2cnn1C1CCN(S(C)(=O)=O)CC1. The van der Waals surface area contributed by atoms with Gasteiger partial charge in [-0.1, -0.05) is 29.8 Å². The molecule has 1 N–H and O–H groups in total. The fourth-order valence-corrected chi connectivity index (χ4v) is 7.78. The number of nitrogens with zero attached hydrogens (tertiary/aromatic N) is 6. The van der Waals surface area contributed by atoms with Crippen LogP contribution in [0.15, 0.2) is 71.8 Å². The molecule has 1 unspecified atom stereocenters. The number of anilines is 1. The molecule has 10 nitrogen and oxygen atoms in total. The first-order valence-corrected chi connectivity index (χ1v) is 17.5. The van der Waals surface area contributed by atoms with Crippen molar-refractivity contribution in [2.24, 2.45) is 7.05 Å². The number of aromatic nitrogens is 5. The molecule has 6 aromatic rings. The summed E-state index contributed by atoms with van der Waals surface area (Å²) in [6.07, 6.45) is 6.09. The number of fused-ring (bicyclic) bond motifs is 4. The van der Waals surface area contributed by atoms with Crippen molar-refractivity contribution >= 4 is 60.0 Å². The number of sulfonamides is 1. The van der Waals surface area contributed by atoms with Gasteiger partial charge in [0.25, 0.3) is 5.56 Å². The van der Waals surface area contributed by atoms with Gasteiger partial charge >= 0.3 is 0 Å². The summed E-state index contributed by atoms with van der Waals surface area (Å²) in [5.41, 5.74) is 5.90. The van der Waals surface area contributed by atoms with Gasteiger partial charge in [0.1, 0.15) is 10.8 Å². The van der Waals surface area contributed by atoms with Crippen LogP contribution in [0.3, 0.4) is 0 Å². The van der Waals surface area contributed by atoms with Crippen LogP contribution in [0.1, 0.15) is 43.0 Å². The standard InChI is InChI=1S/C34H34ClN7O3S/c1-20-16-25(21(2)38-29-9-10-30(35)39-32(29)23-7-8-28-22(18-23)6-5-13-36-28)31-26(17-20)34(43)40(3)33-27(31)19-37-42(33)24-11-14-41(15-12-24)46(4,44)45/h5-10,13,16-19,21,24,38H,11-12,14-15H2,1-4H3. The molecule has 0 amide bonds. The number of hydrogen-bond acceptors (Lipinski definition) is 7. The van der Waals surface area contributed by atoms with Crippen molar-refractivity contribution in [1.29, 1.82) is 0 Å². The summed E-state index contributed by atoms with van der Waals surface area (Å²) in [7, 11) is -1.48. The lowest BCUT2D eigenvalue weighted by Gasteiger charge is -2.30. The van der Waals surface area contributed by atoms with Crippen LogP contribution in [0.5, 0.6) is 0 Å². The molecule has 1 atom stereocenters. The number of benzene rings is 2. The van der Waals surface area contributed by atoms with E-state index in [1.165, 1.54) is 10.6 Å². The summed E-state index contributed by atoms with van der Waals surface area (Å²) >= 11 is 6.40. The first-order valence-electron chi connectivity index (χ1n) is 15.2. The fourth-order valence-electron chi connectivity index (χ4n) is 6.76. The molecule has 12 heteroatoms. The van der Waals surface area contributed by atoms with Gasteiger partial charge in [0.05, 0.1) is 35.4 Å². The maximum absolute atomic E-state index is 13.9. The molecule has 0 spiro atoms. The highest BCUT2D eigenvalue weighted by Crippen LogP contribution is 2.37. The predicted octanol–water partition coefficient (Wildman–Crippen LogP) is 6.23. The second kappa shape index (κ2) is 11.5. The summed E-state index contributed by atoms with van der Waals surface area (Å²) in [5, 5.41) is 12.2. The van der Waals surface area contributed by atoms with E-state index in [2.05, 4.69) is 29.4 Å². The molecule has 0 aliphatic carbocycles. The minimum atomic E-state index is -3.26. The van der Waals surface area contributed by atoms with E-state index in [0.717, 1.165) is 55.4 Å². The number of nitrogens with one attached hydrogen (secondary N) is 1. The van der Waals surface area contributed by atoms with Crippen molar-refractivity contribution in [3.05, 3.63) is 93.6 Å². The van der Waals surface area contributed by atoms with Crippen LogP contribution in [0.25, 0.3) is 44.0 Å². The Bertz CT molecular complexity index is 2330. The summed E-state index contributed by atoms with van der Waals surface area (Å²) in [6, 6.07) is 17.5. The van der Waals surface area contributed by atoms with Crippen LogP contribution in [-0.4, -0.2) is 56.4 Å². The molecule has 1 saturated heterocycles. The van der Waals surface area contributed by atoms with Crippen molar-refractivity contribution in [1.82, 2.24) is 28.6 Å². The van der Waals surface area contributed by atoms with E-state index in [1.54, 1.807) is 23.9 Å². The minimum absolute atomic E-state index is 0.0251. The summed E-state index contributed by atoms with van der Waals surface area (Å²) in [6.45, 7) is 4.91. The van der Waals surface area contributed by atoms with E-state index in [4.69, 9.17) is 21.7 Å². The minimum Gasteiger partial charge on any atom is -0.377 e. The second-order valence-corrected chi connectivity index (χ2v) is 14.5. The zero-order valence-corrected chi connectivity index (χ0v) is 27.6. The lowest BCUT2D eigenvalue weighted by atomic mass is 9.95. The number of pyridine rings is 3. The van der Waals surface area contributed by atoms with Gasteiger partial charge in [0.15, 0.2) is 0 Å². The van der Waals surface area contributed by atoms with Crippen molar-refractivity contribution in [3.63, 3.8) is 0 Å². The molecule has 4 aromatic heterocycles. The first kappa shape index (κ1) is 30.3. The van der Waals surface area contributed by atoms with Crippen molar-refractivity contribution in [3.8, 4) is 11.3 Å². The average molecular weight is 656 g/mol. The summed E-state index contributed by atoms with van der Waals surface area (Å²) in [5.74, 6) is 0. The molecule has 0 saturated carbocycles.